The number of ketones is 1. The summed E-state index contributed by atoms with van der Waals surface area (Å²) in [5, 5.41) is 9.93. The summed E-state index contributed by atoms with van der Waals surface area (Å²) >= 11 is 6.06. The van der Waals surface area contributed by atoms with E-state index in [0.29, 0.717) is 10.6 Å². The molecule has 0 radical (unpaired) electrons. The number of hydrogen-bond acceptors (Lipinski definition) is 2. The number of carbonyl (C=O) groups excluding carboxylic acids is 1. The third kappa shape index (κ3) is 2.28. The van der Waals surface area contributed by atoms with Crippen LogP contribution in [0.3, 0.4) is 0 Å². The van der Waals surface area contributed by atoms with Crippen molar-refractivity contribution in [1.29, 1.82) is 5.26 Å². The lowest BCUT2D eigenvalue weighted by molar-refractivity contribution is 0.0719. The van der Waals surface area contributed by atoms with Gasteiger partial charge >= 0.3 is 0 Å². The molecule has 0 heterocycles. The summed E-state index contributed by atoms with van der Waals surface area (Å²) in [4.78, 5) is 12.7. The van der Waals surface area contributed by atoms with Gasteiger partial charge in [0, 0.05) is 5.56 Å². The summed E-state index contributed by atoms with van der Waals surface area (Å²) in [6.07, 6.45) is 0. The number of benzene rings is 1. The summed E-state index contributed by atoms with van der Waals surface area (Å²) in [7, 11) is 0. The fourth-order valence-corrected chi connectivity index (χ4v) is 2.59. The molecule has 0 aliphatic carbocycles. The van der Waals surface area contributed by atoms with E-state index in [1.807, 2.05) is 27.7 Å². The fourth-order valence-electron chi connectivity index (χ4n) is 2.37. The Hall–Kier alpha value is -1.33. The van der Waals surface area contributed by atoms with Crippen molar-refractivity contribution >= 4 is 17.4 Å². The molecule has 0 bridgehead atoms. The summed E-state index contributed by atoms with van der Waals surface area (Å²) in [6, 6.07) is 9.13. The third-order valence-electron chi connectivity index (χ3n) is 3.50. The standard InChI is InChI=1S/C15H18ClNO/c1-10(2)15(9-17,11(3)4)14(18)12-7-5-6-8-13(12)16/h5-8,10-11H,1-4H3. The third-order valence-corrected chi connectivity index (χ3v) is 3.83. The van der Waals surface area contributed by atoms with Crippen LogP contribution in [0.15, 0.2) is 24.3 Å². The number of rotatable bonds is 4. The van der Waals surface area contributed by atoms with E-state index in [0.717, 1.165) is 0 Å². The van der Waals surface area contributed by atoms with Crippen molar-refractivity contribution in [3.8, 4) is 6.07 Å². The van der Waals surface area contributed by atoms with E-state index in [1.54, 1.807) is 24.3 Å². The maximum atomic E-state index is 12.7. The van der Waals surface area contributed by atoms with Crippen LogP contribution < -0.4 is 0 Å². The summed E-state index contributed by atoms with van der Waals surface area (Å²) < 4.78 is 0. The molecular weight excluding hydrogens is 246 g/mol. The highest BCUT2D eigenvalue weighted by molar-refractivity contribution is 6.34. The van der Waals surface area contributed by atoms with Gasteiger partial charge in [0.25, 0.3) is 0 Å². The predicted octanol–water partition coefficient (Wildman–Crippen LogP) is 4.34. The molecule has 0 atom stereocenters. The van der Waals surface area contributed by atoms with E-state index >= 15 is 0 Å². The van der Waals surface area contributed by atoms with Gasteiger partial charge in [-0.2, -0.15) is 5.26 Å². The molecule has 0 amide bonds. The molecule has 1 aromatic carbocycles. The van der Waals surface area contributed by atoms with Crippen molar-refractivity contribution in [3.63, 3.8) is 0 Å². The van der Waals surface area contributed by atoms with E-state index < -0.39 is 5.41 Å². The highest BCUT2D eigenvalue weighted by Gasteiger charge is 2.45. The zero-order valence-corrected chi connectivity index (χ0v) is 12.0. The first kappa shape index (κ1) is 14.7. The van der Waals surface area contributed by atoms with Crippen LogP contribution in [0.4, 0.5) is 0 Å². The molecule has 0 aliphatic heterocycles. The molecule has 18 heavy (non-hydrogen) atoms. The summed E-state index contributed by atoms with van der Waals surface area (Å²) in [6.45, 7) is 7.60. The van der Waals surface area contributed by atoms with Gasteiger partial charge in [0.2, 0.25) is 0 Å². The van der Waals surface area contributed by atoms with Crippen molar-refractivity contribution in [2.24, 2.45) is 17.3 Å². The smallest absolute Gasteiger partial charge is 0.185 e. The Bertz CT molecular complexity index is 478. The molecule has 0 unspecified atom stereocenters. The van der Waals surface area contributed by atoms with Gasteiger partial charge in [0.1, 0.15) is 5.41 Å². The number of Topliss-reactive ketones (excluding diaryl/α,β-unsaturated/α-hetero) is 1. The van der Waals surface area contributed by atoms with E-state index in [-0.39, 0.29) is 17.6 Å². The largest absolute Gasteiger partial charge is 0.292 e. The van der Waals surface area contributed by atoms with Crippen LogP contribution in [0.5, 0.6) is 0 Å². The van der Waals surface area contributed by atoms with Crippen LogP contribution >= 0.6 is 11.6 Å². The van der Waals surface area contributed by atoms with Crippen molar-refractivity contribution in [2.75, 3.05) is 0 Å². The van der Waals surface area contributed by atoms with Crippen LogP contribution in [0.25, 0.3) is 0 Å². The Morgan fingerprint density at radius 3 is 2.11 bits per heavy atom. The maximum Gasteiger partial charge on any atom is 0.185 e. The van der Waals surface area contributed by atoms with Crippen LogP contribution in [0.1, 0.15) is 38.1 Å². The first-order valence-electron chi connectivity index (χ1n) is 6.08. The number of nitrogens with zero attached hydrogens (tertiary/aromatic N) is 1. The fraction of sp³-hybridized carbons (Fsp3) is 0.467. The first-order chi connectivity index (χ1) is 8.37. The Morgan fingerprint density at radius 2 is 1.72 bits per heavy atom. The van der Waals surface area contributed by atoms with Crippen LogP contribution in [0.2, 0.25) is 5.02 Å². The lowest BCUT2D eigenvalue weighted by Gasteiger charge is -2.33. The van der Waals surface area contributed by atoms with Crippen LogP contribution in [-0.4, -0.2) is 5.78 Å². The number of hydrogen-bond donors (Lipinski definition) is 0. The van der Waals surface area contributed by atoms with Crippen molar-refractivity contribution in [1.82, 2.24) is 0 Å². The van der Waals surface area contributed by atoms with Gasteiger partial charge in [-0.25, -0.2) is 0 Å². The highest BCUT2D eigenvalue weighted by atomic mass is 35.5. The zero-order valence-electron chi connectivity index (χ0n) is 11.2. The van der Waals surface area contributed by atoms with Gasteiger partial charge in [-0.15, -0.1) is 0 Å². The molecule has 1 aromatic rings. The summed E-state index contributed by atoms with van der Waals surface area (Å²) in [5.74, 6) is -0.307. The molecule has 0 aliphatic rings. The second-order valence-corrected chi connectivity index (χ2v) is 5.51. The lowest BCUT2D eigenvalue weighted by atomic mass is 9.65. The van der Waals surface area contributed by atoms with Gasteiger partial charge in [0.15, 0.2) is 5.78 Å². The molecule has 1 rings (SSSR count). The zero-order chi connectivity index (χ0) is 13.9. The first-order valence-corrected chi connectivity index (χ1v) is 6.46. The molecule has 0 spiro atoms. The van der Waals surface area contributed by atoms with Crippen molar-refractivity contribution < 1.29 is 4.79 Å². The van der Waals surface area contributed by atoms with E-state index in [4.69, 9.17) is 11.6 Å². The van der Waals surface area contributed by atoms with Crippen LogP contribution in [-0.2, 0) is 0 Å². The Labute approximate surface area is 114 Å². The minimum absolute atomic E-state index is 0.0636. The Morgan fingerprint density at radius 1 is 1.22 bits per heavy atom. The molecule has 0 aromatic heterocycles. The van der Waals surface area contributed by atoms with Gasteiger partial charge < -0.3 is 0 Å². The maximum absolute atomic E-state index is 12.7. The average molecular weight is 264 g/mol. The molecule has 0 N–H and O–H groups in total. The number of nitriles is 1. The topological polar surface area (TPSA) is 40.9 Å². The molecule has 3 heteroatoms. The second-order valence-electron chi connectivity index (χ2n) is 5.10. The Kier molecular flexibility index (Phi) is 4.53. The van der Waals surface area contributed by atoms with E-state index in [1.165, 1.54) is 0 Å². The van der Waals surface area contributed by atoms with Crippen LogP contribution in [0, 0.1) is 28.6 Å². The lowest BCUT2D eigenvalue weighted by Crippen LogP contribution is -2.40. The molecule has 96 valence electrons. The van der Waals surface area contributed by atoms with Crippen molar-refractivity contribution in [3.05, 3.63) is 34.9 Å². The minimum atomic E-state index is -1.02. The highest BCUT2D eigenvalue weighted by Crippen LogP contribution is 2.39. The molecular formula is C15H18ClNO. The quantitative estimate of drug-likeness (QED) is 0.758. The van der Waals surface area contributed by atoms with Crippen molar-refractivity contribution in [2.45, 2.75) is 27.7 Å². The predicted molar refractivity (Wildman–Crippen MR) is 73.5 cm³/mol. The molecule has 0 saturated carbocycles. The number of carbonyl (C=O) groups is 1. The van der Waals surface area contributed by atoms with E-state index in [2.05, 4.69) is 6.07 Å². The van der Waals surface area contributed by atoms with E-state index in [9.17, 15) is 10.1 Å². The SMILES string of the molecule is CC(C)C(C#N)(C(=O)c1ccccc1Cl)C(C)C. The number of halogens is 1. The Balaban J connectivity index is 3.38. The monoisotopic (exact) mass is 263 g/mol. The minimum Gasteiger partial charge on any atom is -0.292 e. The summed E-state index contributed by atoms with van der Waals surface area (Å²) in [5.41, 5.74) is -0.589. The molecule has 0 fully saturated rings. The molecule has 2 nitrogen and oxygen atoms in total. The molecule has 0 saturated heterocycles. The normalized spacial score (nSPS) is 11.7. The van der Waals surface area contributed by atoms with Gasteiger partial charge in [-0.1, -0.05) is 51.4 Å². The van der Waals surface area contributed by atoms with Gasteiger partial charge in [0.05, 0.1) is 11.1 Å². The van der Waals surface area contributed by atoms with Gasteiger partial charge in [-0.3, -0.25) is 4.79 Å². The van der Waals surface area contributed by atoms with Gasteiger partial charge in [-0.05, 0) is 24.0 Å². The second kappa shape index (κ2) is 5.54. The average Bonchev–Trinajstić information content (AvgIpc) is 2.30.